The molecule has 1 amide bonds. The first-order valence-electron chi connectivity index (χ1n) is 6.82. The van der Waals surface area contributed by atoms with E-state index in [1.54, 1.807) is 0 Å². The van der Waals surface area contributed by atoms with Crippen molar-refractivity contribution < 1.29 is 4.79 Å². The fourth-order valence-corrected chi connectivity index (χ4v) is 2.50. The van der Waals surface area contributed by atoms with Gasteiger partial charge in [0.1, 0.15) is 5.38 Å². The van der Waals surface area contributed by atoms with E-state index >= 15 is 0 Å². The molecule has 0 bridgehead atoms. The number of carbonyl (C=O) groups excluding carboxylic acids is 1. The molecule has 0 saturated carbocycles. The van der Waals surface area contributed by atoms with Gasteiger partial charge in [0.15, 0.2) is 0 Å². The van der Waals surface area contributed by atoms with E-state index in [0.717, 1.165) is 24.9 Å². The molecular formula is C16H20ClNO. The van der Waals surface area contributed by atoms with E-state index < -0.39 is 5.38 Å². The van der Waals surface area contributed by atoms with E-state index in [4.69, 9.17) is 11.6 Å². The SMILES string of the molecule is C[C@H]1/C=C/CCCN(Cc2ccccc2)C(=O)[C@@H]1Cl. The van der Waals surface area contributed by atoms with Crippen LogP contribution in [0.5, 0.6) is 0 Å². The highest BCUT2D eigenvalue weighted by Gasteiger charge is 2.26. The van der Waals surface area contributed by atoms with E-state index in [2.05, 4.69) is 12.2 Å². The molecule has 1 aliphatic heterocycles. The summed E-state index contributed by atoms with van der Waals surface area (Å²) in [5.74, 6) is 0.134. The molecule has 0 aliphatic carbocycles. The summed E-state index contributed by atoms with van der Waals surface area (Å²) in [5.41, 5.74) is 1.15. The van der Waals surface area contributed by atoms with Crippen LogP contribution in [0, 0.1) is 5.92 Å². The molecule has 1 aliphatic rings. The zero-order chi connectivity index (χ0) is 13.7. The highest BCUT2D eigenvalue weighted by Crippen LogP contribution is 2.19. The van der Waals surface area contributed by atoms with E-state index in [-0.39, 0.29) is 11.8 Å². The van der Waals surface area contributed by atoms with Crippen LogP contribution in [0.25, 0.3) is 0 Å². The van der Waals surface area contributed by atoms with Crippen molar-refractivity contribution in [1.29, 1.82) is 0 Å². The summed E-state index contributed by atoms with van der Waals surface area (Å²) in [7, 11) is 0. The lowest BCUT2D eigenvalue weighted by Crippen LogP contribution is -2.39. The number of rotatable bonds is 2. The van der Waals surface area contributed by atoms with Gasteiger partial charge in [0, 0.05) is 13.1 Å². The Morgan fingerprint density at radius 3 is 2.79 bits per heavy atom. The molecule has 1 heterocycles. The predicted octanol–water partition coefficient (Wildman–Crippen LogP) is 3.61. The number of hydrogen-bond acceptors (Lipinski definition) is 1. The van der Waals surface area contributed by atoms with Crippen molar-refractivity contribution in [1.82, 2.24) is 4.90 Å². The summed E-state index contributed by atoms with van der Waals surface area (Å²) in [5, 5.41) is -0.460. The molecule has 19 heavy (non-hydrogen) atoms. The standard InChI is InChI=1S/C16H20ClNO/c1-13-8-4-3-7-11-18(16(19)15(13)17)12-14-9-5-2-6-10-14/h2,4-6,8-10,13,15H,3,7,11-12H2,1H3/b8-4+/t13-,15+/m0/s1. The third-order valence-electron chi connectivity index (χ3n) is 3.46. The molecule has 1 aromatic carbocycles. The van der Waals surface area contributed by atoms with Gasteiger partial charge >= 0.3 is 0 Å². The largest absolute Gasteiger partial charge is 0.337 e. The topological polar surface area (TPSA) is 20.3 Å². The highest BCUT2D eigenvalue weighted by atomic mass is 35.5. The Balaban J connectivity index is 2.11. The minimum Gasteiger partial charge on any atom is -0.337 e. The summed E-state index contributed by atoms with van der Waals surface area (Å²) in [6.07, 6.45) is 6.19. The second-order valence-corrected chi connectivity index (χ2v) is 5.55. The van der Waals surface area contributed by atoms with Crippen molar-refractivity contribution in [2.75, 3.05) is 6.54 Å². The summed E-state index contributed by atoms with van der Waals surface area (Å²) in [6.45, 7) is 3.42. The first-order chi connectivity index (χ1) is 9.18. The van der Waals surface area contributed by atoms with Gasteiger partial charge in [0.05, 0.1) is 0 Å². The Kier molecular flexibility index (Phi) is 5.03. The molecule has 0 N–H and O–H groups in total. The fraction of sp³-hybridized carbons (Fsp3) is 0.438. The van der Waals surface area contributed by atoms with Crippen molar-refractivity contribution in [3.05, 3.63) is 48.0 Å². The smallest absolute Gasteiger partial charge is 0.241 e. The maximum atomic E-state index is 12.4. The van der Waals surface area contributed by atoms with Crippen molar-refractivity contribution in [3.8, 4) is 0 Å². The molecule has 0 aromatic heterocycles. The van der Waals surface area contributed by atoms with Crippen LogP contribution in [0.1, 0.15) is 25.3 Å². The van der Waals surface area contributed by atoms with Crippen molar-refractivity contribution in [3.63, 3.8) is 0 Å². The van der Waals surface area contributed by atoms with Gasteiger partial charge in [-0.3, -0.25) is 4.79 Å². The summed E-state index contributed by atoms with van der Waals surface area (Å²) in [6, 6.07) is 10.1. The van der Waals surface area contributed by atoms with Crippen LogP contribution in [0.3, 0.4) is 0 Å². The maximum Gasteiger partial charge on any atom is 0.241 e. The Bertz CT molecular complexity index is 443. The minimum atomic E-state index is -0.460. The van der Waals surface area contributed by atoms with Gasteiger partial charge < -0.3 is 4.90 Å². The van der Waals surface area contributed by atoms with E-state index in [9.17, 15) is 4.79 Å². The van der Waals surface area contributed by atoms with E-state index in [0.29, 0.717) is 6.54 Å². The van der Waals surface area contributed by atoms with E-state index in [1.807, 2.05) is 42.2 Å². The predicted molar refractivity (Wildman–Crippen MR) is 79.0 cm³/mol. The molecule has 2 rings (SSSR count). The number of benzene rings is 1. The molecule has 102 valence electrons. The number of nitrogens with zero attached hydrogens (tertiary/aromatic N) is 1. The monoisotopic (exact) mass is 277 g/mol. The van der Waals surface area contributed by atoms with Gasteiger partial charge in [-0.1, -0.05) is 49.4 Å². The number of amides is 1. The maximum absolute atomic E-state index is 12.4. The second kappa shape index (κ2) is 6.76. The molecule has 0 spiro atoms. The number of alkyl halides is 1. The van der Waals surface area contributed by atoms with Gasteiger partial charge in [-0.25, -0.2) is 0 Å². The average molecular weight is 278 g/mol. The Labute approximate surface area is 120 Å². The van der Waals surface area contributed by atoms with Gasteiger partial charge in [0.2, 0.25) is 5.91 Å². The highest BCUT2D eigenvalue weighted by molar-refractivity contribution is 6.31. The van der Waals surface area contributed by atoms with Crippen LogP contribution >= 0.6 is 11.6 Å². The van der Waals surface area contributed by atoms with Gasteiger partial charge in [-0.2, -0.15) is 0 Å². The molecule has 0 unspecified atom stereocenters. The first kappa shape index (κ1) is 14.1. The van der Waals surface area contributed by atoms with Crippen molar-refractivity contribution in [2.24, 2.45) is 5.92 Å². The summed E-state index contributed by atoms with van der Waals surface area (Å²) < 4.78 is 0. The minimum absolute atomic E-state index is 0.0459. The van der Waals surface area contributed by atoms with Crippen LogP contribution < -0.4 is 0 Å². The number of hydrogen-bond donors (Lipinski definition) is 0. The summed E-state index contributed by atoms with van der Waals surface area (Å²) in [4.78, 5) is 14.3. The summed E-state index contributed by atoms with van der Waals surface area (Å²) >= 11 is 6.29. The molecule has 1 aromatic rings. The zero-order valence-corrected chi connectivity index (χ0v) is 12.0. The lowest BCUT2D eigenvalue weighted by Gasteiger charge is -2.26. The molecule has 0 saturated heterocycles. The molecule has 0 fully saturated rings. The number of halogens is 1. The fourth-order valence-electron chi connectivity index (χ4n) is 2.28. The van der Waals surface area contributed by atoms with Crippen molar-refractivity contribution in [2.45, 2.75) is 31.7 Å². The third kappa shape index (κ3) is 3.84. The van der Waals surface area contributed by atoms with Crippen LogP contribution in [0.4, 0.5) is 0 Å². The molecular weight excluding hydrogens is 258 g/mol. The van der Waals surface area contributed by atoms with Crippen LogP contribution in [0.2, 0.25) is 0 Å². The lowest BCUT2D eigenvalue weighted by molar-refractivity contribution is -0.132. The molecule has 0 radical (unpaired) electrons. The molecule has 2 atom stereocenters. The Hall–Kier alpha value is -1.28. The van der Waals surface area contributed by atoms with Gasteiger partial charge in [0.25, 0.3) is 0 Å². The van der Waals surface area contributed by atoms with Crippen LogP contribution in [-0.2, 0) is 11.3 Å². The van der Waals surface area contributed by atoms with Gasteiger partial charge in [-0.05, 0) is 24.3 Å². The van der Waals surface area contributed by atoms with Crippen LogP contribution in [-0.4, -0.2) is 22.7 Å². The number of allylic oxidation sites excluding steroid dienone is 2. The normalized spacial score (nSPS) is 26.4. The number of carbonyl (C=O) groups is 1. The van der Waals surface area contributed by atoms with Gasteiger partial charge in [-0.15, -0.1) is 11.6 Å². The zero-order valence-electron chi connectivity index (χ0n) is 11.3. The average Bonchev–Trinajstić information content (AvgIpc) is 2.49. The first-order valence-corrected chi connectivity index (χ1v) is 7.25. The third-order valence-corrected chi connectivity index (χ3v) is 4.05. The quantitative estimate of drug-likeness (QED) is 0.597. The second-order valence-electron chi connectivity index (χ2n) is 5.08. The van der Waals surface area contributed by atoms with Crippen LogP contribution in [0.15, 0.2) is 42.5 Å². The Morgan fingerprint density at radius 1 is 1.32 bits per heavy atom. The lowest BCUT2D eigenvalue weighted by atomic mass is 10.1. The Morgan fingerprint density at radius 2 is 2.05 bits per heavy atom. The molecule has 3 heteroatoms. The van der Waals surface area contributed by atoms with Crippen molar-refractivity contribution >= 4 is 17.5 Å². The molecule has 2 nitrogen and oxygen atoms in total. The van der Waals surface area contributed by atoms with E-state index in [1.165, 1.54) is 0 Å².